The summed E-state index contributed by atoms with van der Waals surface area (Å²) in [6.07, 6.45) is 0. The van der Waals surface area contributed by atoms with Gasteiger partial charge in [-0.05, 0) is 42.8 Å². The maximum atomic E-state index is 13.1. The van der Waals surface area contributed by atoms with Gasteiger partial charge < -0.3 is 10.6 Å². The summed E-state index contributed by atoms with van der Waals surface area (Å²) >= 11 is 1.34. The summed E-state index contributed by atoms with van der Waals surface area (Å²) in [6.45, 7) is 2.24. The molecule has 2 N–H and O–H groups in total. The van der Waals surface area contributed by atoms with E-state index in [1.54, 1.807) is 29.2 Å². The minimum Gasteiger partial charge on any atom is -0.348 e. The molecule has 6 nitrogen and oxygen atoms in total. The van der Waals surface area contributed by atoms with Crippen molar-refractivity contribution in [2.45, 2.75) is 23.6 Å². The van der Waals surface area contributed by atoms with Gasteiger partial charge in [0.1, 0.15) is 0 Å². The largest absolute Gasteiger partial charge is 0.348 e. The lowest BCUT2D eigenvalue weighted by Crippen LogP contribution is -2.47. The number of rotatable bonds is 4. The van der Waals surface area contributed by atoms with E-state index in [9.17, 15) is 14.4 Å². The summed E-state index contributed by atoms with van der Waals surface area (Å²) < 4.78 is 0. The van der Waals surface area contributed by atoms with Crippen molar-refractivity contribution in [2.75, 3.05) is 10.2 Å². The van der Waals surface area contributed by atoms with Gasteiger partial charge in [-0.25, -0.2) is 0 Å². The number of anilines is 2. The van der Waals surface area contributed by atoms with Gasteiger partial charge in [0, 0.05) is 29.0 Å². The van der Waals surface area contributed by atoms with Gasteiger partial charge in [0.2, 0.25) is 10.8 Å². The molecule has 0 unspecified atom stereocenters. The summed E-state index contributed by atoms with van der Waals surface area (Å²) in [6, 6.07) is 23.9. The second-order valence-electron chi connectivity index (χ2n) is 7.79. The third-order valence-corrected chi connectivity index (χ3v) is 7.25. The first-order chi connectivity index (χ1) is 15.5. The second-order valence-corrected chi connectivity index (χ2v) is 9.33. The average molecular weight is 444 g/mol. The Morgan fingerprint density at radius 2 is 1.69 bits per heavy atom. The van der Waals surface area contributed by atoms with Crippen molar-refractivity contribution >= 4 is 40.9 Å². The van der Waals surface area contributed by atoms with Gasteiger partial charge in [-0.15, -0.1) is 11.8 Å². The van der Waals surface area contributed by atoms with Crippen molar-refractivity contribution in [3.63, 3.8) is 0 Å². The molecule has 2 atom stereocenters. The van der Waals surface area contributed by atoms with E-state index >= 15 is 0 Å². The molecule has 3 amide bonds. The van der Waals surface area contributed by atoms with Crippen molar-refractivity contribution in [3.8, 4) is 0 Å². The van der Waals surface area contributed by atoms with E-state index in [1.165, 1.54) is 11.8 Å². The van der Waals surface area contributed by atoms with Crippen LogP contribution in [0.3, 0.4) is 0 Å². The fourth-order valence-corrected chi connectivity index (χ4v) is 5.68. The monoisotopic (exact) mass is 443 g/mol. The fraction of sp³-hybridized carbons (Fsp3) is 0.160. The molecule has 2 aliphatic heterocycles. The fourth-order valence-electron chi connectivity index (χ4n) is 4.20. The molecule has 0 aliphatic carbocycles. The van der Waals surface area contributed by atoms with Crippen LogP contribution in [0.2, 0.25) is 0 Å². The predicted octanol–water partition coefficient (Wildman–Crippen LogP) is 3.89. The molecule has 0 bridgehead atoms. The normalized spacial score (nSPS) is 21.5. The highest BCUT2D eigenvalue weighted by atomic mass is 32.2. The Hall–Kier alpha value is -3.58. The lowest BCUT2D eigenvalue weighted by Gasteiger charge is -2.32. The smallest absolute Gasteiger partial charge is 0.266 e. The molecule has 0 radical (unpaired) electrons. The van der Waals surface area contributed by atoms with Crippen LogP contribution >= 0.6 is 11.8 Å². The van der Waals surface area contributed by atoms with E-state index in [0.717, 1.165) is 11.1 Å². The highest BCUT2D eigenvalue weighted by Gasteiger charge is 2.60. The first kappa shape index (κ1) is 20.3. The third kappa shape index (κ3) is 3.17. The van der Waals surface area contributed by atoms with E-state index in [-0.39, 0.29) is 23.0 Å². The van der Waals surface area contributed by atoms with Gasteiger partial charge in [-0.1, -0.05) is 48.5 Å². The van der Waals surface area contributed by atoms with Crippen molar-refractivity contribution < 1.29 is 14.4 Å². The summed E-state index contributed by atoms with van der Waals surface area (Å²) in [5.74, 6) is -0.566. The lowest BCUT2D eigenvalue weighted by molar-refractivity contribution is -0.122. The quantitative estimate of drug-likeness (QED) is 0.641. The highest BCUT2D eigenvalue weighted by Crippen LogP contribution is 2.55. The SMILES string of the molecule is C[C@H]1S[C@]2(C(=O)Nc3ccccc32)N(c2ccc(C(=O)NCc3ccccc3)cc2)C1=O. The maximum Gasteiger partial charge on any atom is 0.266 e. The molecular formula is C25H21N3O3S. The molecule has 1 spiro atoms. The molecule has 32 heavy (non-hydrogen) atoms. The van der Waals surface area contributed by atoms with Gasteiger partial charge >= 0.3 is 0 Å². The van der Waals surface area contributed by atoms with Crippen molar-refractivity contribution in [1.29, 1.82) is 0 Å². The molecule has 3 aromatic carbocycles. The van der Waals surface area contributed by atoms with Crippen LogP contribution in [0.5, 0.6) is 0 Å². The van der Waals surface area contributed by atoms with Crippen molar-refractivity contribution in [1.82, 2.24) is 5.32 Å². The number of para-hydroxylation sites is 1. The number of nitrogens with one attached hydrogen (secondary N) is 2. The van der Waals surface area contributed by atoms with Crippen molar-refractivity contribution in [3.05, 3.63) is 95.6 Å². The topological polar surface area (TPSA) is 78.5 Å². The number of thioether (sulfide) groups is 1. The summed E-state index contributed by atoms with van der Waals surface area (Å²) in [5, 5.41) is 5.44. The molecule has 5 rings (SSSR count). The number of nitrogens with zero attached hydrogens (tertiary/aromatic N) is 1. The minimum absolute atomic E-state index is 0.136. The van der Waals surface area contributed by atoms with Crippen LogP contribution in [0.1, 0.15) is 28.4 Å². The zero-order valence-corrected chi connectivity index (χ0v) is 18.2. The van der Waals surface area contributed by atoms with Crippen LogP contribution in [0, 0.1) is 0 Å². The number of benzene rings is 3. The lowest BCUT2D eigenvalue weighted by atomic mass is 10.0. The van der Waals surface area contributed by atoms with Crippen LogP contribution in [-0.2, 0) is 21.0 Å². The van der Waals surface area contributed by atoms with E-state index < -0.39 is 4.87 Å². The first-order valence-corrected chi connectivity index (χ1v) is 11.2. The molecule has 0 saturated carbocycles. The molecule has 1 fully saturated rings. The number of carbonyl (C=O) groups is 3. The van der Waals surface area contributed by atoms with E-state index in [0.29, 0.717) is 23.5 Å². The Balaban J connectivity index is 1.43. The summed E-state index contributed by atoms with van der Waals surface area (Å²) in [5.41, 5.74) is 3.57. The van der Waals surface area contributed by atoms with Crippen LogP contribution < -0.4 is 15.5 Å². The van der Waals surface area contributed by atoms with E-state index in [1.807, 2.05) is 61.5 Å². The number of carbonyl (C=O) groups excluding carboxylic acids is 3. The predicted molar refractivity (Wildman–Crippen MR) is 125 cm³/mol. The Morgan fingerprint density at radius 3 is 2.44 bits per heavy atom. The first-order valence-electron chi connectivity index (χ1n) is 10.4. The Kier molecular flexibility index (Phi) is 4.98. The second kappa shape index (κ2) is 7.84. The van der Waals surface area contributed by atoms with Gasteiger partial charge in [0.15, 0.2) is 0 Å². The van der Waals surface area contributed by atoms with Crippen LogP contribution in [-0.4, -0.2) is 23.0 Å². The number of fused-ring (bicyclic) bond motifs is 2. The van der Waals surface area contributed by atoms with E-state index in [2.05, 4.69) is 10.6 Å². The zero-order valence-electron chi connectivity index (χ0n) is 17.4. The standard InChI is InChI=1S/C25H21N3O3S/c1-16-23(30)28(25(32-16)20-9-5-6-10-21(20)27-24(25)31)19-13-11-18(12-14-19)22(29)26-15-17-7-3-2-4-8-17/h2-14,16H,15H2,1H3,(H,26,29)(H,27,31)/t16-,25-/m1/s1. The molecule has 3 aromatic rings. The minimum atomic E-state index is -1.15. The van der Waals surface area contributed by atoms with Gasteiger partial charge in [0.05, 0.1) is 5.25 Å². The average Bonchev–Trinajstić information content (AvgIpc) is 3.25. The number of hydrogen-bond acceptors (Lipinski definition) is 4. The maximum absolute atomic E-state index is 13.1. The molecule has 1 saturated heterocycles. The molecule has 2 heterocycles. The van der Waals surface area contributed by atoms with Crippen LogP contribution in [0.25, 0.3) is 0 Å². The molecule has 7 heteroatoms. The molecule has 2 aliphatic rings. The number of hydrogen-bond donors (Lipinski definition) is 2. The zero-order chi connectivity index (χ0) is 22.3. The molecule has 160 valence electrons. The Labute approximate surface area is 190 Å². The van der Waals surface area contributed by atoms with Gasteiger partial charge in [-0.3, -0.25) is 19.3 Å². The summed E-state index contributed by atoms with van der Waals surface area (Å²) in [7, 11) is 0. The number of amides is 3. The summed E-state index contributed by atoms with van der Waals surface area (Å²) in [4.78, 5) is 39.3. The van der Waals surface area contributed by atoms with E-state index in [4.69, 9.17) is 0 Å². The van der Waals surface area contributed by atoms with Gasteiger partial charge in [-0.2, -0.15) is 0 Å². The third-order valence-electron chi connectivity index (χ3n) is 5.76. The van der Waals surface area contributed by atoms with Crippen LogP contribution in [0.15, 0.2) is 78.9 Å². The molecular weight excluding hydrogens is 422 g/mol. The van der Waals surface area contributed by atoms with Gasteiger partial charge in [0.25, 0.3) is 11.8 Å². The Morgan fingerprint density at radius 1 is 1.00 bits per heavy atom. The molecule has 0 aromatic heterocycles. The van der Waals surface area contributed by atoms with Crippen molar-refractivity contribution in [2.24, 2.45) is 0 Å². The van der Waals surface area contributed by atoms with Crippen LogP contribution in [0.4, 0.5) is 11.4 Å². The Bertz CT molecular complexity index is 1210. The highest BCUT2D eigenvalue weighted by molar-refractivity contribution is 8.03.